The standard InChI is InChI=1S/C20H20FN3O2/c1-13-4-2-7-16-17(13)22-20(23-18(16)25)8-10-24(11-9-20)19(26)14-5-3-6-15(21)12-14/h2-7,12,22H,8-11H2,1H3,(H,23,25). The summed E-state index contributed by atoms with van der Waals surface area (Å²) in [5, 5.41) is 6.56. The fourth-order valence-corrected chi connectivity index (χ4v) is 3.72. The van der Waals surface area contributed by atoms with Crippen LogP contribution in [0.4, 0.5) is 10.1 Å². The quantitative estimate of drug-likeness (QED) is 0.829. The van der Waals surface area contributed by atoms with Crippen LogP contribution in [0.3, 0.4) is 0 Å². The molecule has 0 aliphatic carbocycles. The third kappa shape index (κ3) is 2.81. The van der Waals surface area contributed by atoms with Crippen molar-refractivity contribution in [2.45, 2.75) is 25.4 Å². The number of rotatable bonds is 1. The molecule has 2 N–H and O–H groups in total. The number of anilines is 1. The van der Waals surface area contributed by atoms with Gasteiger partial charge in [0.05, 0.1) is 11.3 Å². The van der Waals surface area contributed by atoms with Gasteiger partial charge in [0.1, 0.15) is 11.5 Å². The summed E-state index contributed by atoms with van der Waals surface area (Å²) >= 11 is 0. The number of nitrogens with zero attached hydrogens (tertiary/aromatic N) is 1. The Balaban J connectivity index is 1.51. The van der Waals surface area contributed by atoms with Gasteiger partial charge in [0.2, 0.25) is 0 Å². The second kappa shape index (κ2) is 6.12. The summed E-state index contributed by atoms with van der Waals surface area (Å²) < 4.78 is 13.4. The molecule has 2 heterocycles. The molecule has 1 saturated heterocycles. The summed E-state index contributed by atoms with van der Waals surface area (Å²) in [6.45, 7) is 2.95. The van der Waals surface area contributed by atoms with Gasteiger partial charge in [0, 0.05) is 31.5 Å². The Hall–Kier alpha value is -2.89. The van der Waals surface area contributed by atoms with Crippen molar-refractivity contribution in [3.63, 3.8) is 0 Å². The molecule has 0 radical (unpaired) electrons. The zero-order valence-corrected chi connectivity index (χ0v) is 14.5. The minimum atomic E-state index is -0.547. The Morgan fingerprint density at radius 3 is 2.58 bits per heavy atom. The van der Waals surface area contributed by atoms with Gasteiger partial charge in [-0.2, -0.15) is 0 Å². The van der Waals surface area contributed by atoms with Crippen molar-refractivity contribution >= 4 is 17.5 Å². The van der Waals surface area contributed by atoms with Gasteiger partial charge < -0.3 is 15.5 Å². The maximum atomic E-state index is 13.4. The van der Waals surface area contributed by atoms with E-state index < -0.39 is 11.5 Å². The average molecular weight is 353 g/mol. The molecule has 0 bridgehead atoms. The molecule has 0 unspecified atom stereocenters. The number of para-hydroxylation sites is 1. The highest BCUT2D eigenvalue weighted by molar-refractivity contribution is 6.03. The van der Waals surface area contributed by atoms with Crippen LogP contribution in [0.1, 0.15) is 39.1 Å². The first-order valence-corrected chi connectivity index (χ1v) is 8.73. The Kier molecular flexibility index (Phi) is 3.90. The van der Waals surface area contributed by atoms with Crippen molar-refractivity contribution in [1.29, 1.82) is 0 Å². The lowest BCUT2D eigenvalue weighted by atomic mass is 9.91. The zero-order chi connectivity index (χ0) is 18.3. The average Bonchev–Trinajstić information content (AvgIpc) is 2.63. The highest BCUT2D eigenvalue weighted by atomic mass is 19.1. The predicted octanol–water partition coefficient (Wildman–Crippen LogP) is 2.92. The second-order valence-corrected chi connectivity index (χ2v) is 6.96. The van der Waals surface area contributed by atoms with Crippen LogP contribution in [0, 0.1) is 12.7 Å². The highest BCUT2D eigenvalue weighted by Gasteiger charge is 2.41. The van der Waals surface area contributed by atoms with E-state index in [2.05, 4.69) is 10.6 Å². The number of hydrogen-bond acceptors (Lipinski definition) is 3. The number of benzene rings is 2. The number of aryl methyl sites for hydroxylation is 1. The zero-order valence-electron chi connectivity index (χ0n) is 14.5. The SMILES string of the molecule is Cc1cccc2c1NC1(CCN(C(=O)c3cccc(F)c3)CC1)NC2=O. The van der Waals surface area contributed by atoms with E-state index in [1.165, 1.54) is 18.2 Å². The van der Waals surface area contributed by atoms with Gasteiger partial charge in [-0.15, -0.1) is 0 Å². The molecule has 2 aliphatic heterocycles. The number of halogens is 1. The lowest BCUT2D eigenvalue weighted by Crippen LogP contribution is -2.62. The van der Waals surface area contributed by atoms with E-state index in [1.807, 2.05) is 19.1 Å². The molecule has 1 spiro atoms. The molecule has 0 saturated carbocycles. The highest BCUT2D eigenvalue weighted by Crippen LogP contribution is 2.33. The summed E-state index contributed by atoms with van der Waals surface area (Å²) in [6, 6.07) is 11.4. The summed E-state index contributed by atoms with van der Waals surface area (Å²) in [7, 11) is 0. The van der Waals surface area contributed by atoms with Gasteiger partial charge in [0.25, 0.3) is 11.8 Å². The molecular formula is C20H20FN3O2. The molecular weight excluding hydrogens is 333 g/mol. The molecule has 2 aromatic rings. The first kappa shape index (κ1) is 16.6. The van der Waals surface area contributed by atoms with Crippen LogP contribution in [0.2, 0.25) is 0 Å². The third-order valence-electron chi connectivity index (χ3n) is 5.21. The van der Waals surface area contributed by atoms with Gasteiger partial charge in [-0.05, 0) is 36.8 Å². The number of carbonyl (C=O) groups excluding carboxylic acids is 2. The summed E-state index contributed by atoms with van der Waals surface area (Å²) in [5.74, 6) is -0.692. The largest absolute Gasteiger partial charge is 0.362 e. The van der Waals surface area contributed by atoms with Crippen molar-refractivity contribution < 1.29 is 14.0 Å². The lowest BCUT2D eigenvalue weighted by molar-refractivity contribution is 0.0639. The minimum Gasteiger partial charge on any atom is -0.362 e. The number of nitrogens with one attached hydrogen (secondary N) is 2. The Bertz CT molecular complexity index is 888. The third-order valence-corrected chi connectivity index (χ3v) is 5.21. The molecule has 26 heavy (non-hydrogen) atoms. The molecule has 1 fully saturated rings. The lowest BCUT2D eigenvalue weighted by Gasteiger charge is -2.46. The predicted molar refractivity (Wildman–Crippen MR) is 96.5 cm³/mol. The molecule has 0 atom stereocenters. The molecule has 2 aliphatic rings. The number of amides is 2. The van der Waals surface area contributed by atoms with Gasteiger partial charge >= 0.3 is 0 Å². The van der Waals surface area contributed by atoms with Gasteiger partial charge in [-0.25, -0.2) is 4.39 Å². The first-order valence-electron chi connectivity index (χ1n) is 8.73. The van der Waals surface area contributed by atoms with Crippen molar-refractivity contribution in [1.82, 2.24) is 10.2 Å². The number of hydrogen-bond donors (Lipinski definition) is 2. The summed E-state index contributed by atoms with van der Waals surface area (Å²) in [5.41, 5.74) is 2.34. The minimum absolute atomic E-state index is 0.0904. The molecule has 6 heteroatoms. The van der Waals surface area contributed by atoms with E-state index in [0.717, 1.165) is 11.3 Å². The fraction of sp³-hybridized carbons (Fsp3) is 0.300. The van der Waals surface area contributed by atoms with Gasteiger partial charge in [-0.1, -0.05) is 18.2 Å². The van der Waals surface area contributed by atoms with Crippen molar-refractivity contribution in [3.05, 3.63) is 65.0 Å². The molecule has 5 nitrogen and oxygen atoms in total. The van der Waals surface area contributed by atoms with E-state index in [0.29, 0.717) is 37.1 Å². The normalized spacial score (nSPS) is 18.1. The van der Waals surface area contributed by atoms with Crippen LogP contribution in [0.5, 0.6) is 0 Å². The van der Waals surface area contributed by atoms with E-state index in [-0.39, 0.29) is 11.8 Å². The number of fused-ring (bicyclic) bond motifs is 1. The Labute approximate surface area is 151 Å². The Morgan fingerprint density at radius 2 is 1.85 bits per heavy atom. The number of likely N-dealkylation sites (tertiary alicyclic amines) is 1. The molecule has 0 aromatic heterocycles. The summed E-state index contributed by atoms with van der Waals surface area (Å²) in [4.78, 5) is 26.8. The van der Waals surface area contributed by atoms with Crippen LogP contribution in [0.15, 0.2) is 42.5 Å². The Morgan fingerprint density at radius 1 is 1.12 bits per heavy atom. The van der Waals surface area contributed by atoms with Gasteiger partial charge in [-0.3, -0.25) is 9.59 Å². The smallest absolute Gasteiger partial charge is 0.255 e. The van der Waals surface area contributed by atoms with Crippen LogP contribution in [-0.2, 0) is 0 Å². The maximum Gasteiger partial charge on any atom is 0.255 e. The topological polar surface area (TPSA) is 61.4 Å². The molecule has 134 valence electrons. The van der Waals surface area contributed by atoms with Crippen molar-refractivity contribution in [2.75, 3.05) is 18.4 Å². The van der Waals surface area contributed by atoms with Crippen LogP contribution in [-0.4, -0.2) is 35.5 Å². The monoisotopic (exact) mass is 353 g/mol. The number of carbonyl (C=O) groups is 2. The molecule has 2 aromatic carbocycles. The second-order valence-electron chi connectivity index (χ2n) is 6.96. The maximum absolute atomic E-state index is 13.4. The molecule has 2 amide bonds. The van der Waals surface area contributed by atoms with Crippen LogP contribution >= 0.6 is 0 Å². The first-order chi connectivity index (χ1) is 12.5. The van der Waals surface area contributed by atoms with Crippen LogP contribution in [0.25, 0.3) is 0 Å². The van der Waals surface area contributed by atoms with Crippen molar-refractivity contribution in [3.8, 4) is 0 Å². The van der Waals surface area contributed by atoms with E-state index >= 15 is 0 Å². The van der Waals surface area contributed by atoms with E-state index in [9.17, 15) is 14.0 Å². The van der Waals surface area contributed by atoms with Crippen LogP contribution < -0.4 is 10.6 Å². The summed E-state index contributed by atoms with van der Waals surface area (Å²) in [6.07, 6.45) is 1.18. The number of piperidine rings is 1. The van der Waals surface area contributed by atoms with Gasteiger partial charge in [0.15, 0.2) is 0 Å². The molecule has 4 rings (SSSR count). The fourth-order valence-electron chi connectivity index (χ4n) is 3.72. The van der Waals surface area contributed by atoms with Crippen molar-refractivity contribution in [2.24, 2.45) is 0 Å². The van der Waals surface area contributed by atoms with E-state index in [1.54, 1.807) is 17.0 Å². The van der Waals surface area contributed by atoms with E-state index in [4.69, 9.17) is 0 Å².